The first-order chi connectivity index (χ1) is 9.85. The van der Waals surface area contributed by atoms with Gasteiger partial charge >= 0.3 is 5.97 Å². The molecule has 0 fully saturated rings. The number of nitrogens with one attached hydrogen (secondary N) is 1. The number of esters is 1. The second-order valence-corrected chi connectivity index (χ2v) is 6.91. The maximum atomic E-state index is 12.4. The van der Waals surface area contributed by atoms with Crippen molar-refractivity contribution in [3.63, 3.8) is 0 Å². The Morgan fingerprint density at radius 3 is 2.76 bits per heavy atom. The van der Waals surface area contributed by atoms with E-state index in [1.807, 2.05) is 0 Å². The van der Waals surface area contributed by atoms with E-state index in [4.69, 9.17) is 11.6 Å². The second kappa shape index (κ2) is 6.00. The predicted octanol–water partition coefficient (Wildman–Crippen LogP) is 2.69. The number of thiophene rings is 1. The summed E-state index contributed by atoms with van der Waals surface area (Å²) < 4.78 is 31.8. The number of halogens is 1. The van der Waals surface area contributed by atoms with Gasteiger partial charge in [0, 0.05) is 0 Å². The van der Waals surface area contributed by atoms with Gasteiger partial charge in [-0.3, -0.25) is 4.72 Å². The van der Waals surface area contributed by atoms with Crippen LogP contribution in [0.3, 0.4) is 0 Å². The highest BCUT2D eigenvalue weighted by molar-refractivity contribution is 7.93. The monoisotopic (exact) mass is 346 g/mol. The molecule has 0 atom stereocenters. The summed E-state index contributed by atoms with van der Waals surface area (Å²) in [5.74, 6) is -0.628. The van der Waals surface area contributed by atoms with Crippen molar-refractivity contribution in [2.75, 3.05) is 11.8 Å². The number of ether oxygens (including phenoxy) is 1. The van der Waals surface area contributed by atoms with Crippen LogP contribution in [0.1, 0.15) is 15.2 Å². The molecule has 21 heavy (non-hydrogen) atoms. The van der Waals surface area contributed by atoms with Crippen molar-refractivity contribution in [1.29, 1.82) is 0 Å². The fourth-order valence-corrected chi connectivity index (χ4v) is 4.53. The summed E-state index contributed by atoms with van der Waals surface area (Å²) in [7, 11) is -2.77. The van der Waals surface area contributed by atoms with Gasteiger partial charge in [-0.25, -0.2) is 18.2 Å². The number of rotatable bonds is 4. The van der Waals surface area contributed by atoms with E-state index in [1.165, 1.54) is 19.2 Å². The van der Waals surface area contributed by atoms with Crippen LogP contribution in [0.5, 0.6) is 0 Å². The Bertz CT molecular complexity index is 786. The summed E-state index contributed by atoms with van der Waals surface area (Å²) in [6, 6.07) is 4.55. The second-order valence-electron chi connectivity index (χ2n) is 4.02. The Balaban J connectivity index is 2.45. The van der Waals surface area contributed by atoms with Gasteiger partial charge in [0.1, 0.15) is 20.7 Å². The van der Waals surface area contributed by atoms with E-state index in [2.05, 4.69) is 14.4 Å². The van der Waals surface area contributed by atoms with E-state index in [1.54, 1.807) is 18.4 Å². The number of hydrogen-bond donors (Lipinski definition) is 1. The SMILES string of the molecule is COC(=O)c1scc(C)c1S(=O)(=O)Nc1cccc(Cl)n1. The van der Waals surface area contributed by atoms with Gasteiger partial charge in [-0.2, -0.15) is 0 Å². The molecule has 0 spiro atoms. The predicted molar refractivity (Wildman–Crippen MR) is 80.5 cm³/mol. The summed E-state index contributed by atoms with van der Waals surface area (Å²) in [4.78, 5) is 15.4. The maximum absolute atomic E-state index is 12.4. The van der Waals surface area contributed by atoms with E-state index >= 15 is 0 Å². The Morgan fingerprint density at radius 2 is 2.14 bits per heavy atom. The van der Waals surface area contributed by atoms with Gasteiger partial charge in [0.15, 0.2) is 0 Å². The van der Waals surface area contributed by atoms with Crippen LogP contribution in [0.4, 0.5) is 5.82 Å². The number of sulfonamides is 1. The quantitative estimate of drug-likeness (QED) is 0.679. The minimum Gasteiger partial charge on any atom is -0.465 e. The van der Waals surface area contributed by atoms with Crippen LogP contribution in [0.25, 0.3) is 0 Å². The summed E-state index contributed by atoms with van der Waals surface area (Å²) >= 11 is 6.73. The molecule has 0 aliphatic carbocycles. The molecule has 0 radical (unpaired) electrons. The molecule has 0 unspecified atom stereocenters. The van der Waals surface area contributed by atoms with Crippen molar-refractivity contribution in [2.45, 2.75) is 11.8 Å². The normalized spacial score (nSPS) is 11.2. The summed E-state index contributed by atoms with van der Waals surface area (Å²) in [5, 5.41) is 1.73. The molecule has 0 aliphatic heterocycles. The Hall–Kier alpha value is -1.64. The van der Waals surface area contributed by atoms with Gasteiger partial charge in [-0.1, -0.05) is 17.7 Å². The molecule has 0 bridgehead atoms. The molecule has 2 heterocycles. The minimum atomic E-state index is -3.96. The first kappa shape index (κ1) is 15.7. The van der Waals surface area contributed by atoms with Gasteiger partial charge in [-0.05, 0) is 30.0 Å². The first-order valence-corrected chi connectivity index (χ1v) is 8.41. The van der Waals surface area contributed by atoms with Gasteiger partial charge in [0.05, 0.1) is 7.11 Å². The number of nitrogens with zero attached hydrogens (tertiary/aromatic N) is 1. The molecule has 0 aliphatic rings. The molecule has 9 heteroatoms. The fourth-order valence-electron chi connectivity index (χ4n) is 1.65. The van der Waals surface area contributed by atoms with Crippen LogP contribution in [0, 0.1) is 6.92 Å². The van der Waals surface area contributed by atoms with E-state index in [0.717, 1.165) is 11.3 Å². The zero-order chi connectivity index (χ0) is 15.6. The number of pyridine rings is 1. The highest BCUT2D eigenvalue weighted by Gasteiger charge is 2.27. The summed E-state index contributed by atoms with van der Waals surface area (Å²) in [5.41, 5.74) is 0.454. The third-order valence-electron chi connectivity index (χ3n) is 2.51. The third-order valence-corrected chi connectivity index (χ3v) is 5.47. The molecule has 0 saturated carbocycles. The van der Waals surface area contributed by atoms with Crippen LogP contribution in [0.15, 0.2) is 28.5 Å². The topological polar surface area (TPSA) is 85.4 Å². The largest absolute Gasteiger partial charge is 0.465 e. The highest BCUT2D eigenvalue weighted by atomic mass is 35.5. The van der Waals surface area contributed by atoms with Crippen LogP contribution in [-0.2, 0) is 14.8 Å². The lowest BCUT2D eigenvalue weighted by molar-refractivity contribution is 0.0602. The molecule has 2 rings (SSSR count). The Kier molecular flexibility index (Phi) is 4.50. The molecule has 2 aromatic heterocycles. The Labute approximate surface area is 130 Å². The number of aromatic nitrogens is 1. The van der Waals surface area contributed by atoms with E-state index in [-0.39, 0.29) is 20.7 Å². The minimum absolute atomic E-state index is 0.0181. The van der Waals surface area contributed by atoms with Gasteiger partial charge in [0.2, 0.25) is 0 Å². The number of hydrogen-bond acceptors (Lipinski definition) is 6. The fraction of sp³-hybridized carbons (Fsp3) is 0.167. The first-order valence-electron chi connectivity index (χ1n) is 5.67. The third kappa shape index (κ3) is 3.34. The smallest absolute Gasteiger partial charge is 0.349 e. The van der Waals surface area contributed by atoms with Crippen LogP contribution < -0.4 is 4.72 Å². The van der Waals surface area contributed by atoms with Crippen LogP contribution >= 0.6 is 22.9 Å². The number of carbonyl (C=O) groups is 1. The molecule has 6 nitrogen and oxygen atoms in total. The highest BCUT2D eigenvalue weighted by Crippen LogP contribution is 2.29. The van der Waals surface area contributed by atoms with E-state index in [9.17, 15) is 13.2 Å². The molecule has 1 N–H and O–H groups in total. The van der Waals surface area contributed by atoms with Crippen molar-refractivity contribution >= 4 is 44.7 Å². The molecular weight excluding hydrogens is 336 g/mol. The average molecular weight is 347 g/mol. The van der Waals surface area contributed by atoms with Crippen molar-refractivity contribution in [3.8, 4) is 0 Å². The molecule has 112 valence electrons. The van der Waals surface area contributed by atoms with Crippen molar-refractivity contribution in [3.05, 3.63) is 39.2 Å². The lowest BCUT2D eigenvalue weighted by Gasteiger charge is -2.09. The molecule has 0 aromatic carbocycles. The van der Waals surface area contributed by atoms with E-state index in [0.29, 0.717) is 5.56 Å². The molecule has 2 aromatic rings. The number of aryl methyl sites for hydroxylation is 1. The van der Waals surface area contributed by atoms with Crippen LogP contribution in [0.2, 0.25) is 5.15 Å². The number of carbonyl (C=O) groups excluding carboxylic acids is 1. The maximum Gasteiger partial charge on any atom is 0.349 e. The Morgan fingerprint density at radius 1 is 1.43 bits per heavy atom. The molecule has 0 amide bonds. The van der Waals surface area contributed by atoms with Gasteiger partial charge < -0.3 is 4.74 Å². The molecule has 0 saturated heterocycles. The summed E-state index contributed by atoms with van der Waals surface area (Å²) in [6.45, 7) is 1.60. The standard InChI is InChI=1S/C12H11ClN2O4S2/c1-7-6-20-10(12(16)19-2)11(7)21(17,18)15-9-5-3-4-8(13)14-9/h3-6H,1-2H3,(H,14,15). The van der Waals surface area contributed by atoms with Crippen molar-refractivity contribution < 1.29 is 17.9 Å². The van der Waals surface area contributed by atoms with Crippen molar-refractivity contribution in [1.82, 2.24) is 4.98 Å². The van der Waals surface area contributed by atoms with Gasteiger partial charge in [-0.15, -0.1) is 11.3 Å². The summed E-state index contributed by atoms with van der Waals surface area (Å²) in [6.07, 6.45) is 0. The zero-order valence-corrected chi connectivity index (χ0v) is 13.5. The molecular formula is C12H11ClN2O4S2. The van der Waals surface area contributed by atoms with Crippen LogP contribution in [-0.4, -0.2) is 26.5 Å². The number of anilines is 1. The lowest BCUT2D eigenvalue weighted by atomic mass is 10.3. The van der Waals surface area contributed by atoms with Gasteiger partial charge in [0.25, 0.3) is 10.0 Å². The van der Waals surface area contributed by atoms with Crippen molar-refractivity contribution in [2.24, 2.45) is 0 Å². The van der Waals surface area contributed by atoms with E-state index < -0.39 is 16.0 Å². The average Bonchev–Trinajstić information content (AvgIpc) is 2.80. The number of methoxy groups -OCH3 is 1. The lowest BCUT2D eigenvalue weighted by Crippen LogP contribution is -2.17. The zero-order valence-electron chi connectivity index (χ0n) is 11.1.